The summed E-state index contributed by atoms with van der Waals surface area (Å²) in [7, 11) is -3.68. The second-order valence-corrected chi connectivity index (χ2v) is 8.06. The first-order valence-electron chi connectivity index (χ1n) is 6.14. The highest BCUT2D eigenvalue weighted by Crippen LogP contribution is 2.27. The Hall–Kier alpha value is -0.800. The van der Waals surface area contributed by atoms with Gasteiger partial charge in [0.1, 0.15) is 5.01 Å². The molecule has 0 radical (unpaired) electrons. The second kappa shape index (κ2) is 6.53. The maximum atomic E-state index is 12.4. The predicted molar refractivity (Wildman–Crippen MR) is 85.7 cm³/mol. The minimum absolute atomic E-state index is 0.125. The maximum absolute atomic E-state index is 12.4. The first-order chi connectivity index (χ1) is 9.83. The molecule has 2 N–H and O–H groups in total. The van der Waals surface area contributed by atoms with Crippen LogP contribution in [0.15, 0.2) is 26.9 Å². The summed E-state index contributed by atoms with van der Waals surface area (Å²) in [4.78, 5) is 4.35. The molecule has 0 aliphatic carbocycles. The second-order valence-electron chi connectivity index (χ2n) is 4.59. The predicted octanol–water partition coefficient (Wildman–Crippen LogP) is 2.49. The molecule has 0 bridgehead atoms. The summed E-state index contributed by atoms with van der Waals surface area (Å²) in [5.74, 6) is 0. The van der Waals surface area contributed by atoms with Crippen LogP contribution in [-0.4, -0.2) is 18.5 Å². The van der Waals surface area contributed by atoms with Crippen LogP contribution in [0.25, 0.3) is 0 Å². The Labute approximate surface area is 136 Å². The lowest BCUT2D eigenvalue weighted by Crippen LogP contribution is -2.24. The van der Waals surface area contributed by atoms with Gasteiger partial charge in [-0.25, -0.2) is 18.1 Å². The van der Waals surface area contributed by atoms with Crippen LogP contribution in [-0.2, 0) is 23.2 Å². The van der Waals surface area contributed by atoms with Crippen LogP contribution < -0.4 is 4.72 Å². The average Bonchev–Trinajstić information content (AvgIpc) is 2.85. The first-order valence-corrected chi connectivity index (χ1v) is 9.29. The quantitative estimate of drug-likeness (QED) is 0.821. The topological polar surface area (TPSA) is 79.3 Å². The lowest BCUT2D eigenvalue weighted by Gasteiger charge is -2.11. The van der Waals surface area contributed by atoms with Crippen LogP contribution in [0.3, 0.4) is 0 Å². The molecule has 0 unspecified atom stereocenters. The zero-order valence-electron chi connectivity index (χ0n) is 11.6. The van der Waals surface area contributed by atoms with Gasteiger partial charge in [-0.3, -0.25) is 0 Å². The molecule has 1 heterocycles. The van der Waals surface area contributed by atoms with Crippen molar-refractivity contribution in [1.29, 1.82) is 0 Å². The average molecular weight is 391 g/mol. The normalized spacial score (nSPS) is 11.8. The molecule has 0 saturated carbocycles. The third kappa shape index (κ3) is 3.89. The number of halogens is 1. The summed E-state index contributed by atoms with van der Waals surface area (Å²) in [6, 6.07) is 3.21. The van der Waals surface area contributed by atoms with Gasteiger partial charge in [0.25, 0.3) is 0 Å². The molecule has 8 heteroatoms. The molecule has 0 spiro atoms. The van der Waals surface area contributed by atoms with Crippen molar-refractivity contribution in [2.75, 3.05) is 0 Å². The fraction of sp³-hybridized carbons (Fsp3) is 0.308. The Morgan fingerprint density at radius 2 is 2.10 bits per heavy atom. The lowest BCUT2D eigenvalue weighted by atomic mass is 10.1. The molecule has 5 nitrogen and oxygen atoms in total. The van der Waals surface area contributed by atoms with Gasteiger partial charge in [0, 0.05) is 15.5 Å². The minimum Gasteiger partial charge on any atom is -0.392 e. The van der Waals surface area contributed by atoms with Gasteiger partial charge >= 0.3 is 0 Å². The Bertz CT molecular complexity index is 757. The number of aromatic nitrogens is 1. The smallest absolute Gasteiger partial charge is 0.242 e. The molecule has 0 amide bonds. The number of aryl methyl sites for hydroxylation is 2. The van der Waals surface area contributed by atoms with E-state index in [4.69, 9.17) is 0 Å². The van der Waals surface area contributed by atoms with Crippen LogP contribution in [0.5, 0.6) is 0 Å². The van der Waals surface area contributed by atoms with E-state index < -0.39 is 10.0 Å². The van der Waals surface area contributed by atoms with Crippen LogP contribution in [0.4, 0.5) is 0 Å². The van der Waals surface area contributed by atoms with E-state index in [9.17, 15) is 13.5 Å². The highest BCUT2D eigenvalue weighted by atomic mass is 79.9. The molecule has 0 atom stereocenters. The van der Waals surface area contributed by atoms with Gasteiger partial charge in [0.2, 0.25) is 10.0 Å². The number of aliphatic hydroxyl groups is 1. The largest absolute Gasteiger partial charge is 0.392 e. The molecular weight excluding hydrogens is 376 g/mol. The molecule has 1 aromatic heterocycles. The van der Waals surface area contributed by atoms with Gasteiger partial charge in [-0.05, 0) is 47.0 Å². The summed E-state index contributed by atoms with van der Waals surface area (Å²) in [5, 5.41) is 11.8. The van der Waals surface area contributed by atoms with E-state index in [1.807, 2.05) is 12.3 Å². The van der Waals surface area contributed by atoms with E-state index in [0.717, 1.165) is 11.3 Å². The molecule has 0 fully saturated rings. The van der Waals surface area contributed by atoms with Gasteiger partial charge in [-0.15, -0.1) is 11.3 Å². The van der Waals surface area contributed by atoms with Gasteiger partial charge < -0.3 is 5.11 Å². The zero-order valence-corrected chi connectivity index (χ0v) is 14.8. The van der Waals surface area contributed by atoms with E-state index in [1.165, 1.54) is 17.4 Å². The Balaban J connectivity index is 2.29. The molecule has 2 rings (SSSR count). The molecule has 2 aromatic rings. The zero-order chi connectivity index (χ0) is 15.6. The fourth-order valence-electron chi connectivity index (χ4n) is 1.81. The SMILES string of the molecule is Cc1csc(CNS(=O)(=O)c2cc(CO)cc(C)c2Br)n1. The number of thiazole rings is 1. The van der Waals surface area contributed by atoms with Crippen molar-refractivity contribution >= 4 is 37.3 Å². The number of aliphatic hydroxyl groups excluding tert-OH is 1. The number of hydrogen-bond acceptors (Lipinski definition) is 5. The Kier molecular flexibility index (Phi) is 5.15. The van der Waals surface area contributed by atoms with Crippen molar-refractivity contribution in [2.24, 2.45) is 0 Å². The Morgan fingerprint density at radius 1 is 1.38 bits per heavy atom. The summed E-state index contributed by atoms with van der Waals surface area (Å²) in [6.07, 6.45) is 0. The molecule has 21 heavy (non-hydrogen) atoms. The van der Waals surface area contributed by atoms with Crippen LogP contribution in [0.2, 0.25) is 0 Å². The van der Waals surface area contributed by atoms with Crippen molar-refractivity contribution in [2.45, 2.75) is 31.9 Å². The lowest BCUT2D eigenvalue weighted by molar-refractivity contribution is 0.281. The summed E-state index contributed by atoms with van der Waals surface area (Å²) >= 11 is 4.71. The molecule has 114 valence electrons. The Morgan fingerprint density at radius 3 is 2.67 bits per heavy atom. The number of nitrogens with zero attached hydrogens (tertiary/aromatic N) is 1. The van der Waals surface area contributed by atoms with Gasteiger partial charge in [0.05, 0.1) is 18.0 Å². The highest BCUT2D eigenvalue weighted by Gasteiger charge is 2.20. The van der Waals surface area contributed by atoms with E-state index in [1.54, 1.807) is 13.0 Å². The fourth-order valence-corrected chi connectivity index (χ4v) is 4.67. The molecule has 1 aromatic carbocycles. The van der Waals surface area contributed by atoms with Crippen LogP contribution in [0.1, 0.15) is 21.8 Å². The molecular formula is C13H15BrN2O3S2. The van der Waals surface area contributed by atoms with Gasteiger partial charge in [-0.2, -0.15) is 0 Å². The molecule has 0 saturated heterocycles. The van der Waals surface area contributed by atoms with Crippen molar-refractivity contribution in [3.63, 3.8) is 0 Å². The molecule has 0 aliphatic heterocycles. The summed E-state index contributed by atoms with van der Waals surface area (Å²) in [5.41, 5.74) is 2.18. The number of hydrogen-bond donors (Lipinski definition) is 2. The number of sulfonamides is 1. The third-order valence-electron chi connectivity index (χ3n) is 2.83. The highest BCUT2D eigenvalue weighted by molar-refractivity contribution is 9.10. The van der Waals surface area contributed by atoms with Crippen molar-refractivity contribution < 1.29 is 13.5 Å². The van der Waals surface area contributed by atoms with Gasteiger partial charge in [0.15, 0.2) is 0 Å². The van der Waals surface area contributed by atoms with Crippen LogP contribution in [0, 0.1) is 13.8 Å². The van der Waals surface area contributed by atoms with Crippen molar-refractivity contribution in [3.8, 4) is 0 Å². The van der Waals surface area contributed by atoms with Crippen LogP contribution >= 0.6 is 27.3 Å². The van der Waals surface area contributed by atoms with E-state index >= 15 is 0 Å². The standard InChI is InChI=1S/C13H15BrN2O3S2/c1-8-3-10(6-17)4-11(13(8)14)21(18,19)15-5-12-16-9(2)7-20-12/h3-4,7,15,17H,5-6H2,1-2H3. The summed E-state index contributed by atoms with van der Waals surface area (Å²) in [6.45, 7) is 3.59. The van der Waals surface area contributed by atoms with E-state index in [2.05, 4.69) is 25.6 Å². The summed E-state index contributed by atoms with van der Waals surface area (Å²) < 4.78 is 27.9. The first kappa shape index (κ1) is 16.6. The van der Waals surface area contributed by atoms with E-state index in [-0.39, 0.29) is 18.0 Å². The van der Waals surface area contributed by atoms with Crippen molar-refractivity contribution in [1.82, 2.24) is 9.71 Å². The van der Waals surface area contributed by atoms with E-state index in [0.29, 0.717) is 15.0 Å². The van der Waals surface area contributed by atoms with Gasteiger partial charge in [-0.1, -0.05) is 6.07 Å². The third-order valence-corrected chi connectivity index (χ3v) is 6.54. The monoisotopic (exact) mass is 390 g/mol. The number of benzene rings is 1. The molecule has 0 aliphatic rings. The van der Waals surface area contributed by atoms with Crippen molar-refractivity contribution in [3.05, 3.63) is 43.8 Å². The minimum atomic E-state index is -3.68. The number of nitrogens with one attached hydrogen (secondary N) is 1. The number of rotatable bonds is 5. The maximum Gasteiger partial charge on any atom is 0.242 e.